The second-order valence-corrected chi connectivity index (χ2v) is 6.30. The third kappa shape index (κ3) is 6.23. The van der Waals surface area contributed by atoms with Crippen LogP contribution >= 0.6 is 12.4 Å². The molecule has 0 bridgehead atoms. The number of aliphatic hydroxyl groups is 1. The van der Waals surface area contributed by atoms with Crippen molar-refractivity contribution in [1.82, 2.24) is 14.5 Å². The van der Waals surface area contributed by atoms with E-state index in [0.29, 0.717) is 12.8 Å². The van der Waals surface area contributed by atoms with Crippen LogP contribution in [-0.2, 0) is 23.0 Å². The number of nitrogens with zero attached hydrogens (tertiary/aromatic N) is 2. The molecule has 0 saturated carbocycles. The van der Waals surface area contributed by atoms with E-state index >= 15 is 0 Å². The summed E-state index contributed by atoms with van der Waals surface area (Å²) in [5.74, 6) is -0.358. The van der Waals surface area contributed by atoms with Crippen molar-refractivity contribution in [3.63, 3.8) is 0 Å². The van der Waals surface area contributed by atoms with Crippen LogP contribution in [0.5, 0.6) is 0 Å². The highest BCUT2D eigenvalue weighted by Crippen LogP contribution is 2.11. The molecule has 0 fully saturated rings. The molecule has 27 heavy (non-hydrogen) atoms. The summed E-state index contributed by atoms with van der Waals surface area (Å²) in [4.78, 5) is 24.3. The predicted octanol–water partition coefficient (Wildman–Crippen LogP) is 1.64. The highest BCUT2D eigenvalue weighted by molar-refractivity contribution is 5.85. The zero-order chi connectivity index (χ0) is 19.1. The Kier molecular flexibility index (Phi) is 9.28. The lowest BCUT2D eigenvalue weighted by atomic mass is 10.0. The summed E-state index contributed by atoms with van der Waals surface area (Å²) < 4.78 is 7.77. The predicted molar refractivity (Wildman–Crippen MR) is 106 cm³/mol. The molecule has 0 unspecified atom stereocenters. The summed E-state index contributed by atoms with van der Waals surface area (Å²) in [6, 6.07) is 8.78. The molecule has 150 valence electrons. The fourth-order valence-corrected chi connectivity index (χ4v) is 2.79. The van der Waals surface area contributed by atoms with Crippen LogP contribution in [0.3, 0.4) is 0 Å². The van der Waals surface area contributed by atoms with Gasteiger partial charge >= 0.3 is 11.7 Å². The van der Waals surface area contributed by atoms with Gasteiger partial charge in [0, 0.05) is 19.4 Å². The second-order valence-electron chi connectivity index (χ2n) is 6.30. The molecular formula is C19H28ClN3O4. The molecular weight excluding hydrogens is 370 g/mol. The summed E-state index contributed by atoms with van der Waals surface area (Å²) in [6.45, 7) is 3.78. The summed E-state index contributed by atoms with van der Waals surface area (Å²) in [7, 11) is 1.62. The van der Waals surface area contributed by atoms with Crippen LogP contribution in [0.15, 0.2) is 47.5 Å². The number of imidazole rings is 1. The van der Waals surface area contributed by atoms with Crippen molar-refractivity contribution in [3.8, 4) is 0 Å². The highest BCUT2D eigenvalue weighted by Gasteiger charge is 2.26. The number of aryl methyl sites for hydroxylation is 2. The zero-order valence-electron chi connectivity index (χ0n) is 15.9. The first-order valence-corrected chi connectivity index (χ1v) is 8.82. The average Bonchev–Trinajstić information content (AvgIpc) is 2.97. The number of hydrogen-bond donors (Lipinski definition) is 2. The Morgan fingerprint density at radius 2 is 1.93 bits per heavy atom. The van der Waals surface area contributed by atoms with Crippen molar-refractivity contribution in [2.24, 2.45) is 7.05 Å². The van der Waals surface area contributed by atoms with Crippen molar-refractivity contribution in [3.05, 3.63) is 58.8 Å². The standard InChI is InChI=1S/C19H27N3O4.ClH/c1-4-26-18(24)16(11-10-15-8-6-5-7-9-15)20-14(2)17(23)22-13-12-21(3)19(22)25;/h5-9,12-14,16-17,20,23H,4,10-11H2,1-3H3;1H/t14-,16-,17-;/m0./s1. The molecule has 0 saturated heterocycles. The first kappa shape index (κ1) is 23.0. The molecule has 0 aliphatic heterocycles. The van der Waals surface area contributed by atoms with Gasteiger partial charge in [-0.05, 0) is 32.3 Å². The molecule has 0 aliphatic rings. The summed E-state index contributed by atoms with van der Waals surface area (Å²) in [6.07, 6.45) is 3.25. The van der Waals surface area contributed by atoms with Gasteiger partial charge in [-0.15, -0.1) is 12.4 Å². The van der Waals surface area contributed by atoms with E-state index in [9.17, 15) is 14.7 Å². The lowest BCUT2D eigenvalue weighted by molar-refractivity contribution is -0.146. The smallest absolute Gasteiger partial charge is 0.330 e. The quantitative estimate of drug-likeness (QED) is 0.628. The SMILES string of the molecule is CCOC(=O)[C@H](CCc1ccccc1)N[C@@H](C)[C@H](O)n1ccn(C)c1=O.Cl. The van der Waals surface area contributed by atoms with Crippen molar-refractivity contribution in [2.75, 3.05) is 6.61 Å². The van der Waals surface area contributed by atoms with Gasteiger partial charge in [-0.25, -0.2) is 4.79 Å². The fraction of sp³-hybridized carbons (Fsp3) is 0.474. The van der Waals surface area contributed by atoms with E-state index in [2.05, 4.69) is 5.32 Å². The Hall–Kier alpha value is -2.09. The topological polar surface area (TPSA) is 85.5 Å². The number of halogens is 1. The Morgan fingerprint density at radius 3 is 2.48 bits per heavy atom. The second kappa shape index (κ2) is 10.9. The lowest BCUT2D eigenvalue weighted by Gasteiger charge is -2.26. The maximum Gasteiger partial charge on any atom is 0.330 e. The Bertz CT molecular complexity index is 760. The molecule has 0 radical (unpaired) electrons. The number of aromatic nitrogens is 2. The van der Waals surface area contributed by atoms with Crippen LogP contribution in [0.25, 0.3) is 0 Å². The Balaban J connectivity index is 0.00000364. The molecule has 7 nitrogen and oxygen atoms in total. The van der Waals surface area contributed by atoms with Gasteiger partial charge in [0.05, 0.1) is 12.6 Å². The number of esters is 1. The van der Waals surface area contributed by atoms with Crippen molar-refractivity contribution >= 4 is 18.4 Å². The van der Waals surface area contributed by atoms with Gasteiger partial charge in [0.25, 0.3) is 0 Å². The maximum absolute atomic E-state index is 12.3. The lowest BCUT2D eigenvalue weighted by Crippen LogP contribution is -2.48. The molecule has 3 atom stereocenters. The maximum atomic E-state index is 12.3. The van der Waals surface area contributed by atoms with Gasteiger partial charge in [0.15, 0.2) is 0 Å². The molecule has 1 aromatic carbocycles. The summed E-state index contributed by atoms with van der Waals surface area (Å²) >= 11 is 0. The van der Waals surface area contributed by atoms with Crippen molar-refractivity contribution in [2.45, 2.75) is 45.0 Å². The molecule has 1 heterocycles. The van der Waals surface area contributed by atoms with Crippen LogP contribution in [0.4, 0.5) is 0 Å². The minimum absolute atomic E-state index is 0. The molecule has 2 aromatic rings. The van der Waals surface area contributed by atoms with E-state index in [4.69, 9.17) is 4.74 Å². The normalized spacial score (nSPS) is 14.1. The minimum atomic E-state index is -1.09. The van der Waals surface area contributed by atoms with Crippen LogP contribution in [0, 0.1) is 0 Å². The molecule has 2 rings (SSSR count). The molecule has 0 spiro atoms. The number of ether oxygens (including phenoxy) is 1. The Morgan fingerprint density at radius 1 is 1.26 bits per heavy atom. The first-order chi connectivity index (χ1) is 12.4. The van der Waals surface area contributed by atoms with E-state index in [1.807, 2.05) is 30.3 Å². The molecule has 0 amide bonds. The molecule has 8 heteroatoms. The molecule has 0 aliphatic carbocycles. The van der Waals surface area contributed by atoms with Gasteiger partial charge < -0.3 is 14.4 Å². The van der Waals surface area contributed by atoms with E-state index in [1.54, 1.807) is 27.1 Å². The summed E-state index contributed by atoms with van der Waals surface area (Å²) in [5, 5.41) is 13.6. The van der Waals surface area contributed by atoms with E-state index < -0.39 is 18.3 Å². The number of benzene rings is 1. The number of carbonyl (C=O) groups excluding carboxylic acids is 1. The van der Waals surface area contributed by atoms with Crippen LogP contribution < -0.4 is 11.0 Å². The number of aliphatic hydroxyl groups excluding tert-OH is 1. The minimum Gasteiger partial charge on any atom is -0.465 e. The van der Waals surface area contributed by atoms with Gasteiger partial charge in [-0.2, -0.15) is 0 Å². The highest BCUT2D eigenvalue weighted by atomic mass is 35.5. The van der Waals surface area contributed by atoms with Crippen LogP contribution in [0.2, 0.25) is 0 Å². The van der Waals surface area contributed by atoms with Crippen LogP contribution in [0.1, 0.15) is 32.1 Å². The molecule has 1 aromatic heterocycles. The number of hydrogen-bond acceptors (Lipinski definition) is 5. The monoisotopic (exact) mass is 397 g/mol. The van der Waals surface area contributed by atoms with E-state index in [1.165, 1.54) is 15.3 Å². The number of rotatable bonds is 9. The largest absolute Gasteiger partial charge is 0.465 e. The van der Waals surface area contributed by atoms with E-state index in [0.717, 1.165) is 5.56 Å². The first-order valence-electron chi connectivity index (χ1n) is 8.82. The van der Waals surface area contributed by atoms with Gasteiger partial charge in [-0.3, -0.25) is 14.7 Å². The third-order valence-corrected chi connectivity index (χ3v) is 4.31. The van der Waals surface area contributed by atoms with E-state index in [-0.39, 0.29) is 30.7 Å². The Labute approximate surface area is 165 Å². The third-order valence-electron chi connectivity index (χ3n) is 4.31. The average molecular weight is 398 g/mol. The van der Waals surface area contributed by atoms with Crippen molar-refractivity contribution in [1.29, 1.82) is 0 Å². The van der Waals surface area contributed by atoms with Crippen LogP contribution in [-0.4, -0.2) is 38.9 Å². The summed E-state index contributed by atoms with van der Waals surface area (Å²) in [5.41, 5.74) is 0.805. The van der Waals surface area contributed by atoms with Gasteiger partial charge in [-0.1, -0.05) is 30.3 Å². The fourth-order valence-electron chi connectivity index (χ4n) is 2.79. The zero-order valence-corrected chi connectivity index (χ0v) is 16.7. The van der Waals surface area contributed by atoms with Crippen molar-refractivity contribution < 1.29 is 14.6 Å². The van der Waals surface area contributed by atoms with Gasteiger partial charge in [0.1, 0.15) is 12.3 Å². The molecule has 2 N–H and O–H groups in total. The number of carbonyl (C=O) groups is 1. The number of nitrogens with one attached hydrogen (secondary N) is 1. The van der Waals surface area contributed by atoms with Gasteiger partial charge in [0.2, 0.25) is 0 Å².